The maximum atomic E-state index is 13.7. The number of aromatic nitrogens is 3. The largest absolute Gasteiger partial charge is 0.437 e. The van der Waals surface area contributed by atoms with Crippen LogP contribution in [-0.2, 0) is 4.79 Å². The Morgan fingerprint density at radius 2 is 1.95 bits per heavy atom. The summed E-state index contributed by atoms with van der Waals surface area (Å²) in [6, 6.07) is 15.1. The highest BCUT2D eigenvalue weighted by Crippen LogP contribution is 2.41. The fourth-order valence-electron chi connectivity index (χ4n) is 5.59. The number of anilines is 2. The molecular weight excluding hydrogens is 526 g/mol. The SMILES string of the molecule is Cc1ccc2c(NC(=O)[C@@H]3CCC(F)(F)C3)cccc2c1Oc1ncccc1-c1ccnc(NC2CCCNC2)n1. The Balaban J connectivity index is 1.29. The highest BCUT2D eigenvalue weighted by Gasteiger charge is 2.42. The van der Waals surface area contributed by atoms with Crippen LogP contribution in [0.5, 0.6) is 11.6 Å². The number of hydrogen-bond donors (Lipinski definition) is 3. The van der Waals surface area contributed by atoms with Crippen molar-refractivity contribution in [1.29, 1.82) is 0 Å². The van der Waals surface area contributed by atoms with Crippen molar-refractivity contribution in [2.24, 2.45) is 5.92 Å². The van der Waals surface area contributed by atoms with E-state index in [2.05, 4.69) is 25.9 Å². The second kappa shape index (κ2) is 11.4. The van der Waals surface area contributed by atoms with Gasteiger partial charge in [-0.3, -0.25) is 4.79 Å². The Labute approximate surface area is 237 Å². The number of fused-ring (bicyclic) bond motifs is 1. The number of carbonyl (C=O) groups excluding carboxylic acids is 1. The molecule has 1 saturated carbocycles. The summed E-state index contributed by atoms with van der Waals surface area (Å²) < 4.78 is 33.9. The molecule has 0 bridgehead atoms. The molecule has 2 aliphatic rings. The van der Waals surface area contributed by atoms with Crippen LogP contribution >= 0.6 is 0 Å². The predicted octanol–water partition coefficient (Wildman–Crippen LogP) is 6.33. The van der Waals surface area contributed by atoms with Gasteiger partial charge in [0.25, 0.3) is 0 Å². The fraction of sp³-hybridized carbons (Fsp3) is 0.355. The third kappa shape index (κ3) is 5.97. The number of carbonyl (C=O) groups is 1. The molecule has 1 saturated heterocycles. The number of halogens is 2. The normalized spacial score (nSPS) is 20.1. The quantitative estimate of drug-likeness (QED) is 0.244. The molecule has 2 atom stereocenters. The number of hydrogen-bond acceptors (Lipinski definition) is 7. The molecule has 0 spiro atoms. The lowest BCUT2D eigenvalue weighted by molar-refractivity contribution is -0.120. The zero-order valence-corrected chi connectivity index (χ0v) is 22.8. The Kier molecular flexibility index (Phi) is 7.49. The van der Waals surface area contributed by atoms with Crippen molar-refractivity contribution in [2.45, 2.75) is 51.0 Å². The topological polar surface area (TPSA) is 101 Å². The van der Waals surface area contributed by atoms with Crippen molar-refractivity contribution in [2.75, 3.05) is 23.7 Å². The van der Waals surface area contributed by atoms with Gasteiger partial charge in [0.15, 0.2) is 0 Å². The number of nitrogens with one attached hydrogen (secondary N) is 3. The van der Waals surface area contributed by atoms with Gasteiger partial charge in [0, 0.05) is 60.2 Å². The molecule has 2 fully saturated rings. The van der Waals surface area contributed by atoms with E-state index < -0.39 is 18.3 Å². The molecule has 1 aliphatic carbocycles. The molecule has 0 radical (unpaired) electrons. The Bertz CT molecular complexity index is 1570. The zero-order chi connectivity index (χ0) is 28.4. The monoisotopic (exact) mass is 558 g/mol. The lowest BCUT2D eigenvalue weighted by Gasteiger charge is -2.23. The fourth-order valence-corrected chi connectivity index (χ4v) is 5.59. The predicted molar refractivity (Wildman–Crippen MR) is 154 cm³/mol. The number of pyridine rings is 1. The Morgan fingerprint density at radius 1 is 1.05 bits per heavy atom. The third-order valence-electron chi connectivity index (χ3n) is 7.77. The van der Waals surface area contributed by atoms with Crippen LogP contribution in [0.2, 0.25) is 0 Å². The summed E-state index contributed by atoms with van der Waals surface area (Å²) in [5.74, 6) is -2.36. The highest BCUT2D eigenvalue weighted by molar-refractivity contribution is 6.05. The summed E-state index contributed by atoms with van der Waals surface area (Å²) >= 11 is 0. The van der Waals surface area contributed by atoms with Crippen molar-refractivity contribution in [1.82, 2.24) is 20.3 Å². The molecular formula is C31H32F2N6O2. The van der Waals surface area contributed by atoms with Gasteiger partial charge in [-0.2, -0.15) is 0 Å². The number of piperidine rings is 1. The van der Waals surface area contributed by atoms with Crippen LogP contribution in [0.25, 0.3) is 22.0 Å². The molecule has 1 unspecified atom stereocenters. The molecule has 212 valence electrons. The third-order valence-corrected chi connectivity index (χ3v) is 7.77. The van der Waals surface area contributed by atoms with Crippen molar-refractivity contribution >= 4 is 28.3 Å². The van der Waals surface area contributed by atoms with E-state index in [-0.39, 0.29) is 24.8 Å². The van der Waals surface area contributed by atoms with Gasteiger partial charge in [-0.15, -0.1) is 0 Å². The van der Waals surface area contributed by atoms with Crippen molar-refractivity contribution in [3.63, 3.8) is 0 Å². The highest BCUT2D eigenvalue weighted by atomic mass is 19.3. The number of benzene rings is 2. The van der Waals surface area contributed by atoms with E-state index in [1.165, 1.54) is 0 Å². The molecule has 4 aromatic rings. The van der Waals surface area contributed by atoms with Crippen LogP contribution in [-0.4, -0.2) is 45.9 Å². The van der Waals surface area contributed by atoms with Gasteiger partial charge in [0.1, 0.15) is 5.75 Å². The lowest BCUT2D eigenvalue weighted by Crippen LogP contribution is -2.38. The molecule has 8 nitrogen and oxygen atoms in total. The summed E-state index contributed by atoms with van der Waals surface area (Å²) in [7, 11) is 0. The number of alkyl halides is 2. The van der Waals surface area contributed by atoms with Crippen LogP contribution < -0.4 is 20.7 Å². The number of ether oxygens (including phenoxy) is 1. The van der Waals surface area contributed by atoms with Crippen LogP contribution in [0.1, 0.15) is 37.7 Å². The van der Waals surface area contributed by atoms with Gasteiger partial charge >= 0.3 is 0 Å². The minimum absolute atomic E-state index is 0.178. The van der Waals surface area contributed by atoms with Gasteiger partial charge in [-0.1, -0.05) is 24.3 Å². The van der Waals surface area contributed by atoms with Crippen LogP contribution in [0, 0.1) is 12.8 Å². The molecule has 1 aliphatic heterocycles. The Hall–Kier alpha value is -4.18. The van der Waals surface area contributed by atoms with E-state index in [1.807, 2.05) is 49.4 Å². The van der Waals surface area contributed by atoms with Gasteiger partial charge in [0.05, 0.1) is 11.3 Å². The summed E-state index contributed by atoms with van der Waals surface area (Å²) in [6.07, 6.45) is 5.04. The van der Waals surface area contributed by atoms with E-state index in [9.17, 15) is 13.6 Å². The number of aryl methyl sites for hydroxylation is 1. The summed E-state index contributed by atoms with van der Waals surface area (Å²) in [5, 5.41) is 11.2. The molecule has 3 N–H and O–H groups in total. The smallest absolute Gasteiger partial charge is 0.248 e. The maximum Gasteiger partial charge on any atom is 0.248 e. The molecule has 6 rings (SSSR count). The van der Waals surface area contributed by atoms with Crippen molar-refractivity contribution in [3.8, 4) is 22.9 Å². The van der Waals surface area contributed by atoms with Gasteiger partial charge < -0.3 is 20.7 Å². The molecule has 2 aromatic carbocycles. The molecule has 3 heterocycles. The first kappa shape index (κ1) is 27.0. The summed E-state index contributed by atoms with van der Waals surface area (Å²) in [6.45, 7) is 3.83. The first-order valence-electron chi connectivity index (χ1n) is 14.0. The van der Waals surface area contributed by atoms with E-state index in [4.69, 9.17) is 9.72 Å². The van der Waals surface area contributed by atoms with Crippen LogP contribution in [0.4, 0.5) is 20.4 Å². The minimum atomic E-state index is -2.78. The number of amides is 1. The standard InChI is InChI=1S/C31H32F2N6O2/c1-19-9-10-22-23(6-2-8-25(22)38-28(40)20-11-13-31(32,33)17-20)27(19)41-29-24(7-4-15-35-29)26-12-16-36-30(39-26)37-21-5-3-14-34-18-21/h2,4,6-10,12,15-16,20-21,34H,3,5,11,13-14,17-18H2,1H3,(H,38,40)(H,36,37,39)/t20-,21?/m1/s1. The van der Waals surface area contributed by atoms with Gasteiger partial charge in [0.2, 0.25) is 23.7 Å². The molecule has 1 amide bonds. The van der Waals surface area contributed by atoms with Crippen LogP contribution in [0.3, 0.4) is 0 Å². The first-order chi connectivity index (χ1) is 19.9. The Morgan fingerprint density at radius 3 is 2.76 bits per heavy atom. The van der Waals surface area contributed by atoms with Crippen LogP contribution in [0.15, 0.2) is 60.9 Å². The second-order valence-electron chi connectivity index (χ2n) is 10.8. The van der Waals surface area contributed by atoms with E-state index in [1.54, 1.807) is 18.5 Å². The number of nitrogens with zero attached hydrogens (tertiary/aromatic N) is 3. The molecule has 10 heteroatoms. The number of rotatable bonds is 7. The second-order valence-corrected chi connectivity index (χ2v) is 10.8. The average Bonchev–Trinajstić information content (AvgIpc) is 3.35. The van der Waals surface area contributed by atoms with Gasteiger partial charge in [-0.25, -0.2) is 23.7 Å². The average molecular weight is 559 g/mol. The summed E-state index contributed by atoms with van der Waals surface area (Å²) in [5.41, 5.74) is 2.82. The van der Waals surface area contributed by atoms with Crippen molar-refractivity contribution < 1.29 is 18.3 Å². The molecule has 41 heavy (non-hydrogen) atoms. The van der Waals surface area contributed by atoms with E-state index in [0.717, 1.165) is 42.3 Å². The molecule has 2 aromatic heterocycles. The minimum Gasteiger partial charge on any atom is -0.437 e. The summed E-state index contributed by atoms with van der Waals surface area (Å²) in [4.78, 5) is 26.5. The zero-order valence-electron chi connectivity index (χ0n) is 22.8. The van der Waals surface area contributed by atoms with Gasteiger partial charge in [-0.05, 0) is 62.6 Å². The van der Waals surface area contributed by atoms with E-state index >= 15 is 0 Å². The lowest BCUT2D eigenvalue weighted by atomic mass is 10.0. The maximum absolute atomic E-state index is 13.7. The van der Waals surface area contributed by atoms with Crippen molar-refractivity contribution in [3.05, 3.63) is 66.5 Å². The first-order valence-corrected chi connectivity index (χ1v) is 14.0. The van der Waals surface area contributed by atoms with E-state index in [0.29, 0.717) is 34.5 Å².